The van der Waals surface area contributed by atoms with Crippen LogP contribution >= 0.6 is 0 Å². The average molecular weight is 435 g/mol. The fourth-order valence-electron chi connectivity index (χ4n) is 2.99. The monoisotopic (exact) mass is 434 g/mol. The molecule has 0 heterocycles. The summed E-state index contributed by atoms with van der Waals surface area (Å²) < 4.78 is 24.8. The molecule has 0 aromatic carbocycles. The molecular formula is C22H50O4Si2. The fourth-order valence-corrected chi connectivity index (χ4v) is 7.43. The lowest BCUT2D eigenvalue weighted by Crippen LogP contribution is -2.42. The SMILES string of the molecule is CCCCOC(C)(OCCCC)[SiH2]CC[SiH2]C(C)(OCCCC)OCCCC. The maximum absolute atomic E-state index is 6.20. The van der Waals surface area contributed by atoms with Crippen LogP contribution in [0, 0.1) is 0 Å². The molecule has 0 aromatic heterocycles. The smallest absolute Gasteiger partial charge is 0.142 e. The maximum atomic E-state index is 6.20. The van der Waals surface area contributed by atoms with Crippen molar-refractivity contribution in [1.82, 2.24) is 0 Å². The van der Waals surface area contributed by atoms with E-state index in [1.807, 2.05) is 0 Å². The van der Waals surface area contributed by atoms with E-state index in [1.165, 1.54) is 37.8 Å². The number of rotatable bonds is 21. The summed E-state index contributed by atoms with van der Waals surface area (Å²) in [4.78, 5) is 0. The highest BCUT2D eigenvalue weighted by Gasteiger charge is 2.28. The molecule has 0 bridgehead atoms. The van der Waals surface area contributed by atoms with Crippen LogP contribution in [0.25, 0.3) is 0 Å². The summed E-state index contributed by atoms with van der Waals surface area (Å²) in [5.74, 6) is 0. The lowest BCUT2D eigenvalue weighted by atomic mass is 10.3. The van der Waals surface area contributed by atoms with Crippen LogP contribution in [-0.2, 0) is 18.9 Å². The molecule has 0 saturated carbocycles. The molecule has 0 unspecified atom stereocenters. The quantitative estimate of drug-likeness (QED) is 0.148. The predicted octanol–water partition coefficient (Wildman–Crippen LogP) is 4.77. The molecule has 28 heavy (non-hydrogen) atoms. The van der Waals surface area contributed by atoms with Crippen LogP contribution in [0.3, 0.4) is 0 Å². The molecule has 0 rings (SSSR count). The third-order valence-corrected chi connectivity index (χ3v) is 10.5. The molecule has 0 radical (unpaired) electrons. The third-order valence-electron chi connectivity index (χ3n) is 5.13. The first-order valence-electron chi connectivity index (χ1n) is 12.0. The second-order valence-corrected chi connectivity index (χ2v) is 13.3. The van der Waals surface area contributed by atoms with Gasteiger partial charge in [0.1, 0.15) is 10.8 Å². The highest BCUT2D eigenvalue weighted by molar-refractivity contribution is 6.45. The van der Waals surface area contributed by atoms with Gasteiger partial charge in [0, 0.05) is 26.4 Å². The molecule has 0 spiro atoms. The van der Waals surface area contributed by atoms with Crippen molar-refractivity contribution in [3.05, 3.63) is 0 Å². The van der Waals surface area contributed by atoms with E-state index in [4.69, 9.17) is 18.9 Å². The van der Waals surface area contributed by atoms with Crippen molar-refractivity contribution in [2.75, 3.05) is 26.4 Å². The lowest BCUT2D eigenvalue weighted by Gasteiger charge is -2.32. The van der Waals surface area contributed by atoms with Crippen molar-refractivity contribution >= 4 is 19.0 Å². The molecule has 0 atom stereocenters. The molecule has 6 heteroatoms. The van der Waals surface area contributed by atoms with Crippen LogP contribution in [0.4, 0.5) is 0 Å². The van der Waals surface area contributed by atoms with Gasteiger partial charge in [-0.2, -0.15) is 0 Å². The Balaban J connectivity index is 4.47. The summed E-state index contributed by atoms with van der Waals surface area (Å²) in [5.41, 5.74) is -0.609. The van der Waals surface area contributed by atoms with Gasteiger partial charge in [0.15, 0.2) is 0 Å². The Bertz CT molecular complexity index is 290. The summed E-state index contributed by atoms with van der Waals surface area (Å²) in [6, 6.07) is 2.51. The van der Waals surface area contributed by atoms with Gasteiger partial charge in [-0.1, -0.05) is 65.5 Å². The van der Waals surface area contributed by atoms with Gasteiger partial charge in [-0.15, -0.1) is 0 Å². The minimum Gasteiger partial charge on any atom is -0.355 e. The van der Waals surface area contributed by atoms with Crippen molar-refractivity contribution in [1.29, 1.82) is 0 Å². The first-order valence-corrected chi connectivity index (χ1v) is 15.4. The van der Waals surface area contributed by atoms with Crippen LogP contribution < -0.4 is 0 Å². The van der Waals surface area contributed by atoms with Gasteiger partial charge in [-0.05, 0) is 39.5 Å². The Kier molecular flexibility index (Phi) is 18.3. The van der Waals surface area contributed by atoms with Gasteiger partial charge in [0.2, 0.25) is 0 Å². The zero-order valence-corrected chi connectivity index (χ0v) is 22.8. The molecular weight excluding hydrogens is 384 g/mol. The number of hydrogen-bond donors (Lipinski definition) is 0. The van der Waals surface area contributed by atoms with E-state index in [2.05, 4.69) is 41.5 Å². The average Bonchev–Trinajstić information content (AvgIpc) is 2.66. The fraction of sp³-hybridized carbons (Fsp3) is 1.00. The van der Waals surface area contributed by atoms with Crippen LogP contribution in [-0.4, -0.2) is 56.3 Å². The van der Waals surface area contributed by atoms with Crippen molar-refractivity contribution < 1.29 is 18.9 Å². The lowest BCUT2D eigenvalue weighted by molar-refractivity contribution is -0.171. The second-order valence-electron chi connectivity index (χ2n) is 8.28. The molecule has 0 N–H and O–H groups in total. The van der Waals surface area contributed by atoms with E-state index in [-0.39, 0.29) is 10.8 Å². The van der Waals surface area contributed by atoms with Gasteiger partial charge < -0.3 is 18.9 Å². The van der Waals surface area contributed by atoms with Gasteiger partial charge >= 0.3 is 0 Å². The Hall–Kier alpha value is 0.274. The Labute approximate surface area is 180 Å². The van der Waals surface area contributed by atoms with Crippen molar-refractivity contribution in [3.8, 4) is 0 Å². The standard InChI is InChI=1S/C22H50O4Si2/c1-7-11-15-23-21(5,24-16-12-8-2)27-19-20-28-22(6,25-17-13-9-3)26-18-14-10-4/h7-20,27-28H2,1-6H3. The van der Waals surface area contributed by atoms with E-state index in [0.717, 1.165) is 52.1 Å². The zero-order chi connectivity index (χ0) is 21.1. The first kappa shape index (κ1) is 28.3. The third kappa shape index (κ3) is 15.2. The van der Waals surface area contributed by atoms with Crippen LogP contribution in [0.5, 0.6) is 0 Å². The van der Waals surface area contributed by atoms with Crippen molar-refractivity contribution in [2.45, 2.75) is 116 Å². The summed E-state index contributed by atoms with van der Waals surface area (Å²) in [6.45, 7) is 16.5. The summed E-state index contributed by atoms with van der Waals surface area (Å²) >= 11 is 0. The maximum Gasteiger partial charge on any atom is 0.142 e. The molecule has 4 nitrogen and oxygen atoms in total. The van der Waals surface area contributed by atoms with Crippen LogP contribution in [0.1, 0.15) is 92.9 Å². The molecule has 170 valence electrons. The van der Waals surface area contributed by atoms with Crippen molar-refractivity contribution in [3.63, 3.8) is 0 Å². The van der Waals surface area contributed by atoms with E-state index < -0.39 is 19.0 Å². The number of unbranched alkanes of at least 4 members (excludes halogenated alkanes) is 4. The van der Waals surface area contributed by atoms with Crippen LogP contribution in [0.2, 0.25) is 12.1 Å². The molecule has 0 aliphatic rings. The van der Waals surface area contributed by atoms with Crippen molar-refractivity contribution in [2.24, 2.45) is 0 Å². The van der Waals surface area contributed by atoms with E-state index >= 15 is 0 Å². The molecule has 0 aliphatic carbocycles. The summed E-state index contributed by atoms with van der Waals surface area (Å²) in [7, 11) is -0.928. The molecule has 0 aromatic rings. The molecule has 0 saturated heterocycles. The minimum absolute atomic E-state index is 0.304. The Morgan fingerprint density at radius 2 is 0.750 bits per heavy atom. The molecule has 0 amide bonds. The molecule has 0 aliphatic heterocycles. The normalized spacial score (nSPS) is 13.5. The Morgan fingerprint density at radius 3 is 0.964 bits per heavy atom. The highest BCUT2D eigenvalue weighted by atomic mass is 28.2. The second kappa shape index (κ2) is 18.1. The van der Waals surface area contributed by atoms with Crippen LogP contribution in [0.15, 0.2) is 0 Å². The Morgan fingerprint density at radius 1 is 0.500 bits per heavy atom. The zero-order valence-electron chi connectivity index (χ0n) is 19.9. The molecule has 0 fully saturated rings. The van der Waals surface area contributed by atoms with Gasteiger partial charge in [0.05, 0.1) is 19.0 Å². The predicted molar refractivity (Wildman–Crippen MR) is 127 cm³/mol. The summed E-state index contributed by atoms with van der Waals surface area (Å²) in [6.07, 6.45) is 9.14. The largest absolute Gasteiger partial charge is 0.355 e. The van der Waals surface area contributed by atoms with E-state index in [1.54, 1.807) is 0 Å². The summed E-state index contributed by atoms with van der Waals surface area (Å²) in [5, 5.41) is 0. The van der Waals surface area contributed by atoms with E-state index in [9.17, 15) is 0 Å². The van der Waals surface area contributed by atoms with Gasteiger partial charge in [-0.3, -0.25) is 0 Å². The van der Waals surface area contributed by atoms with Gasteiger partial charge in [0.25, 0.3) is 0 Å². The van der Waals surface area contributed by atoms with Gasteiger partial charge in [-0.25, -0.2) is 0 Å². The first-order chi connectivity index (χ1) is 13.4. The number of hydrogen-bond acceptors (Lipinski definition) is 4. The minimum atomic E-state index is -0.464. The van der Waals surface area contributed by atoms with E-state index in [0.29, 0.717) is 0 Å². The topological polar surface area (TPSA) is 36.9 Å². The number of ether oxygens (including phenoxy) is 4. The highest BCUT2D eigenvalue weighted by Crippen LogP contribution is 2.19.